The summed E-state index contributed by atoms with van der Waals surface area (Å²) in [6, 6.07) is 15.7. The number of amides is 2. The van der Waals surface area contributed by atoms with Crippen LogP contribution in [0.3, 0.4) is 0 Å². The van der Waals surface area contributed by atoms with Gasteiger partial charge < -0.3 is 20.1 Å². The van der Waals surface area contributed by atoms with Crippen LogP contribution in [-0.2, 0) is 4.79 Å². The van der Waals surface area contributed by atoms with Gasteiger partial charge in [-0.2, -0.15) is 0 Å². The van der Waals surface area contributed by atoms with E-state index in [0.717, 1.165) is 39.8 Å². The number of carbonyl (C=O) groups is 2. The Morgan fingerprint density at radius 2 is 1.87 bits per heavy atom. The van der Waals surface area contributed by atoms with Crippen molar-refractivity contribution in [3.8, 4) is 0 Å². The summed E-state index contributed by atoms with van der Waals surface area (Å²) in [5, 5.41) is 4.06. The first kappa shape index (κ1) is 20.2. The molecule has 1 atom stereocenters. The normalized spacial score (nSPS) is 15.8. The third kappa shape index (κ3) is 3.71. The molecule has 2 aromatic carbocycles. The van der Waals surface area contributed by atoms with Crippen molar-refractivity contribution in [3.05, 3.63) is 70.9 Å². The topological polar surface area (TPSA) is 68.4 Å². The van der Waals surface area contributed by atoms with E-state index in [4.69, 9.17) is 0 Å². The highest BCUT2D eigenvalue weighted by atomic mass is 16.2. The number of likely N-dealkylation sites (N-methyl/N-ethyl adjacent to an activating group) is 1. The predicted molar refractivity (Wildman–Crippen MR) is 119 cm³/mol. The fourth-order valence-corrected chi connectivity index (χ4v) is 4.29. The molecular weight excluding hydrogens is 376 g/mol. The van der Waals surface area contributed by atoms with Crippen molar-refractivity contribution in [2.75, 3.05) is 33.7 Å². The molecule has 3 aromatic rings. The van der Waals surface area contributed by atoms with Gasteiger partial charge in [-0.05, 0) is 38.7 Å². The largest absolute Gasteiger partial charge is 0.358 e. The van der Waals surface area contributed by atoms with Crippen LogP contribution in [0.1, 0.15) is 39.6 Å². The second-order valence-corrected chi connectivity index (χ2v) is 8.10. The minimum atomic E-state index is -0.195. The van der Waals surface area contributed by atoms with E-state index in [1.807, 2.05) is 67.2 Å². The summed E-state index contributed by atoms with van der Waals surface area (Å²) in [5.74, 6) is -0.0450. The summed E-state index contributed by atoms with van der Waals surface area (Å²) in [4.78, 5) is 32.9. The zero-order valence-corrected chi connectivity index (χ0v) is 17.7. The molecule has 0 aliphatic carbocycles. The molecule has 2 N–H and O–H groups in total. The SMILES string of the molecule is Cc1[nH]c2ccccc2c1[C@H]1c2ccccc2C(=O)N1CCC(=O)NCCN(C)C. The number of H-pyrrole nitrogens is 1. The smallest absolute Gasteiger partial charge is 0.255 e. The Morgan fingerprint density at radius 1 is 1.13 bits per heavy atom. The lowest BCUT2D eigenvalue weighted by molar-refractivity contribution is -0.121. The minimum Gasteiger partial charge on any atom is -0.358 e. The molecule has 0 fully saturated rings. The Labute approximate surface area is 176 Å². The maximum absolute atomic E-state index is 13.2. The number of aromatic nitrogens is 1. The van der Waals surface area contributed by atoms with Gasteiger partial charge in [-0.1, -0.05) is 36.4 Å². The molecule has 2 heterocycles. The third-order valence-corrected chi connectivity index (χ3v) is 5.74. The number of carbonyl (C=O) groups excluding carboxylic acids is 2. The average Bonchev–Trinajstić information content (AvgIpc) is 3.19. The Kier molecular flexibility index (Phi) is 5.59. The first-order valence-electron chi connectivity index (χ1n) is 10.4. The molecule has 1 aliphatic rings. The Morgan fingerprint density at radius 3 is 2.67 bits per heavy atom. The molecule has 1 aromatic heterocycles. The Balaban J connectivity index is 1.63. The number of benzene rings is 2. The zero-order valence-electron chi connectivity index (χ0n) is 17.7. The average molecular weight is 405 g/mol. The summed E-state index contributed by atoms with van der Waals surface area (Å²) in [5.41, 5.74) is 4.94. The van der Waals surface area contributed by atoms with E-state index in [-0.39, 0.29) is 24.3 Å². The second kappa shape index (κ2) is 8.32. The molecule has 0 saturated heterocycles. The number of hydrogen-bond acceptors (Lipinski definition) is 3. The minimum absolute atomic E-state index is 0.0126. The van der Waals surface area contributed by atoms with Gasteiger partial charge in [0.05, 0.1) is 6.04 Å². The van der Waals surface area contributed by atoms with Gasteiger partial charge in [-0.3, -0.25) is 9.59 Å². The fourth-order valence-electron chi connectivity index (χ4n) is 4.29. The quantitative estimate of drug-likeness (QED) is 0.636. The van der Waals surface area contributed by atoms with E-state index in [0.29, 0.717) is 13.1 Å². The lowest BCUT2D eigenvalue weighted by Gasteiger charge is -2.26. The number of para-hydroxylation sites is 1. The molecule has 4 rings (SSSR count). The van der Waals surface area contributed by atoms with Crippen LogP contribution in [-0.4, -0.2) is 60.3 Å². The third-order valence-electron chi connectivity index (χ3n) is 5.74. The van der Waals surface area contributed by atoms with Crippen LogP contribution < -0.4 is 5.32 Å². The maximum atomic E-state index is 13.2. The van der Waals surface area contributed by atoms with Crippen molar-refractivity contribution in [1.29, 1.82) is 0 Å². The molecule has 6 heteroatoms. The summed E-state index contributed by atoms with van der Waals surface area (Å²) in [7, 11) is 3.95. The lowest BCUT2D eigenvalue weighted by atomic mass is 9.95. The monoisotopic (exact) mass is 404 g/mol. The number of nitrogens with one attached hydrogen (secondary N) is 2. The number of aryl methyl sites for hydroxylation is 1. The van der Waals surface area contributed by atoms with E-state index in [1.165, 1.54) is 0 Å². The molecule has 156 valence electrons. The van der Waals surface area contributed by atoms with Gasteiger partial charge in [0.1, 0.15) is 0 Å². The molecule has 6 nitrogen and oxygen atoms in total. The summed E-state index contributed by atoms with van der Waals surface area (Å²) in [6.45, 7) is 3.82. The van der Waals surface area contributed by atoms with Gasteiger partial charge in [0, 0.05) is 53.8 Å². The first-order chi connectivity index (χ1) is 14.5. The van der Waals surface area contributed by atoms with E-state index >= 15 is 0 Å². The van der Waals surface area contributed by atoms with Crippen LogP contribution in [0, 0.1) is 6.92 Å². The summed E-state index contributed by atoms with van der Waals surface area (Å²) in [6.07, 6.45) is 0.283. The predicted octanol–water partition coefficient (Wildman–Crippen LogP) is 3.09. The van der Waals surface area contributed by atoms with Crippen LogP contribution in [0.2, 0.25) is 0 Å². The van der Waals surface area contributed by atoms with E-state index in [9.17, 15) is 9.59 Å². The highest BCUT2D eigenvalue weighted by molar-refractivity contribution is 6.01. The van der Waals surface area contributed by atoms with Gasteiger partial charge in [0.25, 0.3) is 5.91 Å². The zero-order chi connectivity index (χ0) is 21.3. The maximum Gasteiger partial charge on any atom is 0.255 e. The van der Waals surface area contributed by atoms with Gasteiger partial charge in [-0.25, -0.2) is 0 Å². The number of rotatable bonds is 7. The van der Waals surface area contributed by atoms with Crippen LogP contribution in [0.4, 0.5) is 0 Å². The summed E-state index contributed by atoms with van der Waals surface area (Å²) < 4.78 is 0. The number of fused-ring (bicyclic) bond motifs is 2. The Hall–Kier alpha value is -3.12. The van der Waals surface area contributed by atoms with Gasteiger partial charge in [0.2, 0.25) is 5.91 Å². The summed E-state index contributed by atoms with van der Waals surface area (Å²) >= 11 is 0. The van der Waals surface area contributed by atoms with Crippen molar-refractivity contribution < 1.29 is 9.59 Å². The first-order valence-corrected chi connectivity index (χ1v) is 10.4. The lowest BCUT2D eigenvalue weighted by Crippen LogP contribution is -2.36. The standard InChI is InChI=1S/C24H28N4O2/c1-16-22(19-10-6-7-11-20(19)26-16)23-17-8-4-5-9-18(17)24(30)28(23)14-12-21(29)25-13-15-27(2)3/h4-11,23,26H,12-15H2,1-3H3,(H,25,29)/t23-/m1/s1. The van der Waals surface area contributed by atoms with Crippen LogP contribution in [0.25, 0.3) is 10.9 Å². The molecule has 0 radical (unpaired) electrons. The highest BCUT2D eigenvalue weighted by Gasteiger charge is 2.39. The molecule has 0 unspecified atom stereocenters. The molecular formula is C24H28N4O2. The molecule has 0 bridgehead atoms. The van der Waals surface area contributed by atoms with E-state index < -0.39 is 0 Å². The van der Waals surface area contributed by atoms with Gasteiger partial charge in [-0.15, -0.1) is 0 Å². The van der Waals surface area contributed by atoms with Gasteiger partial charge >= 0.3 is 0 Å². The molecule has 1 aliphatic heterocycles. The van der Waals surface area contributed by atoms with Crippen molar-refractivity contribution in [2.45, 2.75) is 19.4 Å². The molecule has 30 heavy (non-hydrogen) atoms. The molecule has 0 saturated carbocycles. The van der Waals surface area contributed by atoms with Crippen LogP contribution in [0.5, 0.6) is 0 Å². The van der Waals surface area contributed by atoms with Crippen LogP contribution >= 0.6 is 0 Å². The van der Waals surface area contributed by atoms with Crippen molar-refractivity contribution in [1.82, 2.24) is 20.1 Å². The van der Waals surface area contributed by atoms with Gasteiger partial charge in [0.15, 0.2) is 0 Å². The van der Waals surface area contributed by atoms with Crippen molar-refractivity contribution in [2.24, 2.45) is 0 Å². The molecule has 2 amide bonds. The molecule has 0 spiro atoms. The van der Waals surface area contributed by atoms with Crippen molar-refractivity contribution >= 4 is 22.7 Å². The highest BCUT2D eigenvalue weighted by Crippen LogP contribution is 2.42. The van der Waals surface area contributed by atoms with Crippen molar-refractivity contribution in [3.63, 3.8) is 0 Å². The number of aromatic amines is 1. The number of hydrogen-bond donors (Lipinski definition) is 2. The number of nitrogens with zero attached hydrogens (tertiary/aromatic N) is 2. The fraction of sp³-hybridized carbons (Fsp3) is 0.333. The van der Waals surface area contributed by atoms with Crippen LogP contribution in [0.15, 0.2) is 48.5 Å². The second-order valence-electron chi connectivity index (χ2n) is 8.10. The van der Waals surface area contributed by atoms with E-state index in [1.54, 1.807) is 0 Å². The Bertz CT molecular complexity index is 1090. The van der Waals surface area contributed by atoms with E-state index in [2.05, 4.69) is 22.4 Å².